The standard InChI is InChI=1S/C12H16N2O3/c1-14(9-5-8-11(15)16)12(17)13-10-6-3-2-4-7-10/h2-4,6-7H,5,8-9H2,1H3,(H,13,17)(H,15,16). The third-order valence-electron chi connectivity index (χ3n) is 2.26. The van der Waals surface area contributed by atoms with Crippen LogP contribution in [0.25, 0.3) is 0 Å². The monoisotopic (exact) mass is 236 g/mol. The minimum atomic E-state index is -0.845. The molecular weight excluding hydrogens is 220 g/mol. The van der Waals surface area contributed by atoms with Crippen molar-refractivity contribution in [2.24, 2.45) is 0 Å². The maximum atomic E-state index is 11.7. The fourth-order valence-electron chi connectivity index (χ4n) is 1.31. The van der Waals surface area contributed by atoms with E-state index in [1.165, 1.54) is 4.90 Å². The van der Waals surface area contributed by atoms with Crippen molar-refractivity contribution in [1.29, 1.82) is 0 Å². The molecule has 0 saturated carbocycles. The van der Waals surface area contributed by atoms with E-state index < -0.39 is 5.97 Å². The summed E-state index contributed by atoms with van der Waals surface area (Å²) in [6, 6.07) is 8.89. The molecule has 2 amide bonds. The first-order chi connectivity index (χ1) is 8.09. The second kappa shape index (κ2) is 6.52. The van der Waals surface area contributed by atoms with Crippen molar-refractivity contribution >= 4 is 17.7 Å². The largest absolute Gasteiger partial charge is 0.481 e. The van der Waals surface area contributed by atoms with Crippen molar-refractivity contribution in [2.75, 3.05) is 18.9 Å². The van der Waals surface area contributed by atoms with Crippen LogP contribution < -0.4 is 5.32 Å². The molecule has 1 rings (SSSR count). The zero-order chi connectivity index (χ0) is 12.7. The number of urea groups is 1. The maximum Gasteiger partial charge on any atom is 0.321 e. The van der Waals surface area contributed by atoms with Crippen LogP contribution in [0.2, 0.25) is 0 Å². The van der Waals surface area contributed by atoms with E-state index >= 15 is 0 Å². The summed E-state index contributed by atoms with van der Waals surface area (Å²) in [6.45, 7) is 0.422. The lowest BCUT2D eigenvalue weighted by molar-refractivity contribution is -0.137. The number of rotatable bonds is 5. The van der Waals surface area contributed by atoms with Gasteiger partial charge in [-0.2, -0.15) is 0 Å². The molecule has 0 unspecified atom stereocenters. The van der Waals surface area contributed by atoms with E-state index in [2.05, 4.69) is 5.32 Å². The number of para-hydroxylation sites is 1. The van der Waals surface area contributed by atoms with Crippen molar-refractivity contribution < 1.29 is 14.7 Å². The zero-order valence-electron chi connectivity index (χ0n) is 9.72. The molecule has 17 heavy (non-hydrogen) atoms. The van der Waals surface area contributed by atoms with Gasteiger partial charge in [-0.25, -0.2) is 4.79 Å². The SMILES string of the molecule is CN(CCCC(=O)O)C(=O)Nc1ccccc1. The molecule has 5 heteroatoms. The Balaban J connectivity index is 2.34. The van der Waals surface area contributed by atoms with Crippen LogP contribution in [0.5, 0.6) is 0 Å². The van der Waals surface area contributed by atoms with Gasteiger partial charge in [-0.3, -0.25) is 4.79 Å². The average molecular weight is 236 g/mol. The van der Waals surface area contributed by atoms with E-state index in [1.54, 1.807) is 19.2 Å². The third-order valence-corrected chi connectivity index (χ3v) is 2.26. The molecule has 0 saturated heterocycles. The lowest BCUT2D eigenvalue weighted by Crippen LogP contribution is -2.32. The van der Waals surface area contributed by atoms with Crippen LogP contribution in [0.4, 0.5) is 10.5 Å². The van der Waals surface area contributed by atoms with Crippen LogP contribution in [0.15, 0.2) is 30.3 Å². The molecule has 0 radical (unpaired) electrons. The van der Waals surface area contributed by atoms with E-state index in [1.807, 2.05) is 18.2 Å². The minimum absolute atomic E-state index is 0.0724. The Morgan fingerprint density at radius 3 is 2.53 bits per heavy atom. The van der Waals surface area contributed by atoms with Gasteiger partial charge in [0.15, 0.2) is 0 Å². The number of nitrogens with one attached hydrogen (secondary N) is 1. The lowest BCUT2D eigenvalue weighted by Gasteiger charge is -2.17. The first-order valence-electron chi connectivity index (χ1n) is 5.38. The van der Waals surface area contributed by atoms with Gasteiger partial charge < -0.3 is 15.3 Å². The molecule has 2 N–H and O–H groups in total. The molecule has 5 nitrogen and oxygen atoms in total. The highest BCUT2D eigenvalue weighted by atomic mass is 16.4. The number of carboxylic acid groups (broad SMARTS) is 1. The molecule has 0 bridgehead atoms. The first kappa shape index (κ1) is 13.0. The van der Waals surface area contributed by atoms with Gasteiger partial charge in [0.2, 0.25) is 0 Å². The molecule has 0 aliphatic heterocycles. The summed E-state index contributed by atoms with van der Waals surface area (Å²) in [5.41, 5.74) is 0.725. The number of carbonyl (C=O) groups excluding carboxylic acids is 1. The van der Waals surface area contributed by atoms with Crippen molar-refractivity contribution in [3.63, 3.8) is 0 Å². The van der Waals surface area contributed by atoms with Gasteiger partial charge in [0.05, 0.1) is 0 Å². The number of carbonyl (C=O) groups is 2. The number of nitrogens with zero attached hydrogens (tertiary/aromatic N) is 1. The van der Waals surface area contributed by atoms with E-state index in [-0.39, 0.29) is 12.5 Å². The molecule has 1 aromatic carbocycles. The second-order valence-corrected chi connectivity index (χ2v) is 3.72. The Labute approximate surface area is 100 Å². The normalized spacial score (nSPS) is 9.71. The fourth-order valence-corrected chi connectivity index (χ4v) is 1.31. The third kappa shape index (κ3) is 5.01. The van der Waals surface area contributed by atoms with Crippen molar-refractivity contribution in [3.8, 4) is 0 Å². The van der Waals surface area contributed by atoms with Gasteiger partial charge in [0.25, 0.3) is 0 Å². The quantitative estimate of drug-likeness (QED) is 0.821. The molecule has 0 aliphatic carbocycles. The molecule has 0 atom stereocenters. The number of aliphatic carboxylic acids is 1. The predicted octanol–water partition coefficient (Wildman–Crippen LogP) is 2.02. The van der Waals surface area contributed by atoms with Crippen molar-refractivity contribution in [1.82, 2.24) is 4.90 Å². The Bertz CT molecular complexity index is 379. The van der Waals surface area contributed by atoms with Crippen molar-refractivity contribution in [3.05, 3.63) is 30.3 Å². The zero-order valence-corrected chi connectivity index (χ0v) is 9.72. The van der Waals surface area contributed by atoms with Gasteiger partial charge in [-0.15, -0.1) is 0 Å². The summed E-state index contributed by atoms with van der Waals surface area (Å²) in [6.07, 6.45) is 0.525. The molecule has 1 aromatic rings. The molecular formula is C12H16N2O3. The van der Waals surface area contributed by atoms with Crippen LogP contribution in [0.1, 0.15) is 12.8 Å². The molecule has 92 valence electrons. The smallest absolute Gasteiger partial charge is 0.321 e. The summed E-state index contributed by atoms with van der Waals surface area (Å²) in [5.74, 6) is -0.845. The summed E-state index contributed by atoms with van der Waals surface area (Å²) in [4.78, 5) is 23.4. The average Bonchev–Trinajstić information content (AvgIpc) is 2.29. The van der Waals surface area contributed by atoms with Gasteiger partial charge >= 0.3 is 12.0 Å². The van der Waals surface area contributed by atoms with Crippen LogP contribution >= 0.6 is 0 Å². The van der Waals surface area contributed by atoms with Gasteiger partial charge in [0.1, 0.15) is 0 Å². The van der Waals surface area contributed by atoms with E-state index in [0.29, 0.717) is 13.0 Å². The lowest BCUT2D eigenvalue weighted by atomic mass is 10.3. The first-order valence-corrected chi connectivity index (χ1v) is 5.38. The summed E-state index contributed by atoms with van der Waals surface area (Å²) >= 11 is 0. The van der Waals surface area contributed by atoms with Crippen molar-refractivity contribution in [2.45, 2.75) is 12.8 Å². The predicted molar refractivity (Wildman–Crippen MR) is 65.0 cm³/mol. The topological polar surface area (TPSA) is 69.6 Å². The molecule has 0 aliphatic rings. The molecule has 0 heterocycles. The van der Waals surface area contributed by atoms with Gasteiger partial charge in [0, 0.05) is 25.7 Å². The van der Waals surface area contributed by atoms with E-state index in [0.717, 1.165) is 5.69 Å². The van der Waals surface area contributed by atoms with Crippen LogP contribution in [-0.2, 0) is 4.79 Å². The highest BCUT2D eigenvalue weighted by Gasteiger charge is 2.08. The molecule has 0 fully saturated rings. The Morgan fingerprint density at radius 2 is 1.94 bits per heavy atom. The van der Waals surface area contributed by atoms with Crippen LogP contribution in [0, 0.1) is 0 Å². The number of carboxylic acids is 1. The number of anilines is 1. The van der Waals surface area contributed by atoms with Crippen LogP contribution in [0.3, 0.4) is 0 Å². The van der Waals surface area contributed by atoms with E-state index in [4.69, 9.17) is 5.11 Å². The number of benzene rings is 1. The Morgan fingerprint density at radius 1 is 1.29 bits per heavy atom. The second-order valence-electron chi connectivity index (χ2n) is 3.72. The summed E-state index contributed by atoms with van der Waals surface area (Å²) < 4.78 is 0. The highest BCUT2D eigenvalue weighted by Crippen LogP contribution is 2.06. The molecule has 0 aromatic heterocycles. The van der Waals surface area contributed by atoms with Crippen LogP contribution in [-0.4, -0.2) is 35.6 Å². The highest BCUT2D eigenvalue weighted by molar-refractivity contribution is 5.89. The number of hydrogen-bond donors (Lipinski definition) is 2. The van der Waals surface area contributed by atoms with Gasteiger partial charge in [-0.1, -0.05) is 18.2 Å². The van der Waals surface area contributed by atoms with Gasteiger partial charge in [-0.05, 0) is 18.6 Å². The summed E-state index contributed by atoms with van der Waals surface area (Å²) in [5, 5.41) is 11.2. The minimum Gasteiger partial charge on any atom is -0.481 e. The number of amides is 2. The Hall–Kier alpha value is -2.04. The summed E-state index contributed by atoms with van der Waals surface area (Å²) in [7, 11) is 1.64. The van der Waals surface area contributed by atoms with E-state index in [9.17, 15) is 9.59 Å². The maximum absolute atomic E-state index is 11.7. The Kier molecular flexibility index (Phi) is 5.00. The number of hydrogen-bond acceptors (Lipinski definition) is 2. The fraction of sp³-hybridized carbons (Fsp3) is 0.333. The molecule has 0 spiro atoms.